The van der Waals surface area contributed by atoms with E-state index < -0.39 is 33.8 Å². The van der Waals surface area contributed by atoms with Crippen LogP contribution < -0.4 is 10.0 Å². The number of nitrogens with one attached hydrogen (secondary N) is 2. The van der Waals surface area contributed by atoms with Gasteiger partial charge < -0.3 is 10.1 Å². The van der Waals surface area contributed by atoms with Gasteiger partial charge in [-0.15, -0.1) is 0 Å². The molecule has 3 aromatic carbocycles. The number of carbonyl (C=O) groups is 2. The number of methoxy groups -OCH3 is 1. The van der Waals surface area contributed by atoms with Crippen molar-refractivity contribution in [2.45, 2.75) is 23.9 Å². The number of halogens is 1. The molecule has 9 heteroatoms. The van der Waals surface area contributed by atoms with Crippen molar-refractivity contribution in [1.82, 2.24) is 10.0 Å². The van der Waals surface area contributed by atoms with E-state index in [9.17, 15) is 22.4 Å². The van der Waals surface area contributed by atoms with E-state index in [1.807, 2.05) is 6.07 Å². The molecule has 0 heterocycles. The van der Waals surface area contributed by atoms with Gasteiger partial charge in [0.1, 0.15) is 5.82 Å². The molecule has 1 atom stereocenters. The first-order valence-electron chi connectivity index (χ1n) is 10.1. The van der Waals surface area contributed by atoms with Gasteiger partial charge in [-0.05, 0) is 41.5 Å². The SMILES string of the molecule is COC(=O)CC(NC(=O)c1cccc(S(=O)(=O)NCc2ccccc2)c1)c1ccc(F)cc1. The third-order valence-corrected chi connectivity index (χ3v) is 6.29. The molecule has 0 radical (unpaired) electrons. The monoisotopic (exact) mass is 470 g/mol. The largest absolute Gasteiger partial charge is 0.469 e. The van der Waals surface area contributed by atoms with Crippen molar-refractivity contribution in [3.05, 3.63) is 101 Å². The molecule has 0 saturated heterocycles. The van der Waals surface area contributed by atoms with E-state index in [1.54, 1.807) is 24.3 Å². The highest BCUT2D eigenvalue weighted by Gasteiger charge is 2.21. The fraction of sp³-hybridized carbons (Fsp3) is 0.167. The van der Waals surface area contributed by atoms with E-state index in [2.05, 4.69) is 14.8 Å². The van der Waals surface area contributed by atoms with E-state index in [-0.39, 0.29) is 23.4 Å². The van der Waals surface area contributed by atoms with Crippen LogP contribution in [0.5, 0.6) is 0 Å². The van der Waals surface area contributed by atoms with Crippen molar-refractivity contribution in [3.8, 4) is 0 Å². The molecule has 0 aromatic heterocycles. The van der Waals surface area contributed by atoms with Crippen LogP contribution >= 0.6 is 0 Å². The summed E-state index contributed by atoms with van der Waals surface area (Å²) in [6.07, 6.45) is -0.176. The van der Waals surface area contributed by atoms with Gasteiger partial charge in [-0.3, -0.25) is 9.59 Å². The second kappa shape index (κ2) is 10.8. The number of hydrogen-bond donors (Lipinski definition) is 2. The predicted octanol–water partition coefficient (Wildman–Crippen LogP) is 3.34. The van der Waals surface area contributed by atoms with Crippen molar-refractivity contribution in [2.75, 3.05) is 7.11 Å². The number of sulfonamides is 1. The minimum absolute atomic E-state index is 0.0719. The lowest BCUT2D eigenvalue weighted by atomic mass is 10.0. The number of carbonyl (C=O) groups excluding carboxylic acids is 2. The van der Waals surface area contributed by atoms with Crippen LogP contribution in [0, 0.1) is 5.82 Å². The fourth-order valence-corrected chi connectivity index (χ4v) is 4.16. The number of esters is 1. The molecule has 0 bridgehead atoms. The number of hydrogen-bond acceptors (Lipinski definition) is 5. The average molecular weight is 471 g/mol. The smallest absolute Gasteiger partial charge is 0.307 e. The Morgan fingerprint density at radius 2 is 1.67 bits per heavy atom. The van der Waals surface area contributed by atoms with Gasteiger partial charge >= 0.3 is 5.97 Å². The molecule has 0 saturated carbocycles. The maximum absolute atomic E-state index is 13.3. The van der Waals surface area contributed by atoms with Gasteiger partial charge in [-0.1, -0.05) is 48.5 Å². The Kier molecular flexibility index (Phi) is 7.92. The maximum Gasteiger partial charge on any atom is 0.307 e. The van der Waals surface area contributed by atoms with Crippen molar-refractivity contribution in [1.29, 1.82) is 0 Å². The van der Waals surface area contributed by atoms with E-state index >= 15 is 0 Å². The average Bonchev–Trinajstić information content (AvgIpc) is 2.83. The van der Waals surface area contributed by atoms with Crippen molar-refractivity contribution in [2.24, 2.45) is 0 Å². The first-order chi connectivity index (χ1) is 15.8. The summed E-state index contributed by atoms with van der Waals surface area (Å²) in [4.78, 5) is 24.6. The molecular formula is C24H23FN2O5S. The summed E-state index contributed by atoms with van der Waals surface area (Å²) in [6.45, 7) is 0.103. The molecule has 7 nitrogen and oxygen atoms in total. The molecule has 0 spiro atoms. The summed E-state index contributed by atoms with van der Waals surface area (Å²) >= 11 is 0. The molecule has 1 amide bonds. The molecule has 172 valence electrons. The number of benzene rings is 3. The van der Waals surface area contributed by atoms with E-state index in [4.69, 9.17) is 0 Å². The number of rotatable bonds is 9. The molecule has 3 rings (SSSR count). The number of ether oxygens (including phenoxy) is 1. The minimum Gasteiger partial charge on any atom is -0.469 e. The van der Waals surface area contributed by atoms with E-state index in [0.717, 1.165) is 5.56 Å². The third kappa shape index (κ3) is 6.71. The van der Waals surface area contributed by atoms with Gasteiger partial charge in [0, 0.05) is 12.1 Å². The zero-order valence-electron chi connectivity index (χ0n) is 17.8. The van der Waals surface area contributed by atoms with Gasteiger partial charge in [0.2, 0.25) is 10.0 Å². The molecule has 0 fully saturated rings. The predicted molar refractivity (Wildman–Crippen MR) is 120 cm³/mol. The third-order valence-electron chi connectivity index (χ3n) is 4.89. The van der Waals surface area contributed by atoms with Crippen LogP contribution in [0.2, 0.25) is 0 Å². The summed E-state index contributed by atoms with van der Waals surface area (Å²) in [5.74, 6) is -1.61. The fourth-order valence-electron chi connectivity index (χ4n) is 3.10. The molecule has 1 unspecified atom stereocenters. The zero-order valence-corrected chi connectivity index (χ0v) is 18.6. The van der Waals surface area contributed by atoms with Gasteiger partial charge in [0.05, 0.1) is 24.5 Å². The topological polar surface area (TPSA) is 102 Å². The highest BCUT2D eigenvalue weighted by Crippen LogP contribution is 2.20. The summed E-state index contributed by atoms with van der Waals surface area (Å²) < 4.78 is 45.9. The Morgan fingerprint density at radius 3 is 2.33 bits per heavy atom. The maximum atomic E-state index is 13.3. The van der Waals surface area contributed by atoms with Crippen LogP contribution in [0.3, 0.4) is 0 Å². The Labute approximate surface area is 191 Å². The molecule has 33 heavy (non-hydrogen) atoms. The standard InChI is InChI=1S/C24H23FN2O5S/c1-32-23(28)15-22(18-10-12-20(25)13-11-18)27-24(29)19-8-5-9-21(14-19)33(30,31)26-16-17-6-3-2-4-7-17/h2-14,22,26H,15-16H2,1H3,(H,27,29). The molecule has 0 aliphatic carbocycles. The first-order valence-corrected chi connectivity index (χ1v) is 11.5. The van der Waals surface area contributed by atoms with Crippen LogP contribution in [0.15, 0.2) is 83.8 Å². The van der Waals surface area contributed by atoms with Crippen molar-refractivity contribution >= 4 is 21.9 Å². The van der Waals surface area contributed by atoms with Crippen molar-refractivity contribution < 1.29 is 27.1 Å². The Hall–Kier alpha value is -3.56. The zero-order chi connectivity index (χ0) is 23.8. The molecule has 3 aromatic rings. The van der Waals surface area contributed by atoms with Crippen LogP contribution in [0.1, 0.15) is 33.9 Å². The lowest BCUT2D eigenvalue weighted by Crippen LogP contribution is -2.31. The first kappa shape index (κ1) is 24.1. The molecule has 0 aliphatic heterocycles. The molecular weight excluding hydrogens is 447 g/mol. The van der Waals surface area contributed by atoms with Crippen molar-refractivity contribution in [3.63, 3.8) is 0 Å². The normalized spacial score (nSPS) is 12.1. The summed E-state index contributed by atoms with van der Waals surface area (Å²) in [7, 11) is -2.64. The Bertz CT molecular complexity index is 1220. The van der Waals surface area contributed by atoms with Crippen LogP contribution in [0.4, 0.5) is 4.39 Å². The minimum atomic E-state index is -3.87. The Balaban J connectivity index is 1.77. The van der Waals surface area contributed by atoms with Crippen LogP contribution in [0.25, 0.3) is 0 Å². The molecule has 0 aliphatic rings. The number of amides is 1. The highest BCUT2D eigenvalue weighted by molar-refractivity contribution is 7.89. The van der Waals surface area contributed by atoms with Gasteiger partial charge in [0.15, 0.2) is 0 Å². The lowest BCUT2D eigenvalue weighted by molar-refractivity contribution is -0.141. The van der Waals surface area contributed by atoms with E-state index in [0.29, 0.717) is 5.56 Å². The molecule has 2 N–H and O–H groups in total. The van der Waals surface area contributed by atoms with E-state index in [1.165, 1.54) is 55.6 Å². The summed E-state index contributed by atoms with van der Waals surface area (Å²) in [6, 6.07) is 19.2. The van der Waals surface area contributed by atoms with Crippen LogP contribution in [-0.2, 0) is 26.1 Å². The second-order valence-corrected chi connectivity index (χ2v) is 8.96. The highest BCUT2D eigenvalue weighted by atomic mass is 32.2. The summed E-state index contributed by atoms with van der Waals surface area (Å²) in [5, 5.41) is 2.69. The Morgan fingerprint density at radius 1 is 0.970 bits per heavy atom. The quantitative estimate of drug-likeness (QED) is 0.467. The summed E-state index contributed by atoms with van der Waals surface area (Å²) in [5.41, 5.74) is 1.39. The van der Waals surface area contributed by atoms with Gasteiger partial charge in [-0.2, -0.15) is 0 Å². The second-order valence-electron chi connectivity index (χ2n) is 7.20. The van der Waals surface area contributed by atoms with Crippen LogP contribution in [-0.4, -0.2) is 27.4 Å². The lowest BCUT2D eigenvalue weighted by Gasteiger charge is -2.18. The van der Waals surface area contributed by atoms with Gasteiger partial charge in [-0.25, -0.2) is 17.5 Å². The van der Waals surface area contributed by atoms with Gasteiger partial charge in [0.25, 0.3) is 5.91 Å².